The number of nitrogens with zero attached hydrogens (tertiary/aromatic N) is 1. The first-order chi connectivity index (χ1) is 8.49. The minimum atomic E-state index is -0.352. The molecule has 4 nitrogen and oxygen atoms in total. The lowest BCUT2D eigenvalue weighted by Gasteiger charge is -2.08. The second-order valence-electron chi connectivity index (χ2n) is 3.72. The highest BCUT2D eigenvalue weighted by molar-refractivity contribution is 7.78. The van der Waals surface area contributed by atoms with Crippen molar-refractivity contribution in [2.45, 2.75) is 33.1 Å². The normalized spacial score (nSPS) is 10.7. The van der Waals surface area contributed by atoms with Crippen molar-refractivity contribution in [2.24, 2.45) is 4.99 Å². The van der Waals surface area contributed by atoms with Crippen molar-refractivity contribution in [3.63, 3.8) is 0 Å². The van der Waals surface area contributed by atoms with E-state index in [0.717, 1.165) is 6.29 Å². The second kappa shape index (κ2) is 9.48. The summed E-state index contributed by atoms with van der Waals surface area (Å²) in [5, 5.41) is 10.3. The third-order valence-electron chi connectivity index (χ3n) is 1.56. The Morgan fingerprint density at radius 3 is 2.22 bits per heavy atom. The summed E-state index contributed by atoms with van der Waals surface area (Å²) >= 11 is 4.44. The number of benzene rings is 1. The maximum atomic E-state index is 10.4. The van der Waals surface area contributed by atoms with Crippen LogP contribution >= 0.6 is 12.2 Å². The predicted octanol–water partition coefficient (Wildman–Crippen LogP) is 2.71. The highest BCUT2D eigenvalue weighted by Gasteiger charge is 1.99. The summed E-state index contributed by atoms with van der Waals surface area (Å²) < 4.78 is 5.34. The van der Waals surface area contributed by atoms with E-state index in [9.17, 15) is 4.79 Å². The molecule has 1 atom stereocenters. The van der Waals surface area contributed by atoms with Gasteiger partial charge in [0.2, 0.25) is 0 Å². The molecule has 1 aromatic rings. The van der Waals surface area contributed by atoms with E-state index in [-0.39, 0.29) is 12.3 Å². The number of ether oxygens (including phenoxy) is 1. The summed E-state index contributed by atoms with van der Waals surface area (Å²) in [5.41, 5.74) is 0.614. The lowest BCUT2D eigenvalue weighted by Crippen LogP contribution is -2.07. The molecule has 18 heavy (non-hydrogen) atoms. The molecule has 0 aliphatic carbocycles. The Morgan fingerprint density at radius 2 is 1.83 bits per heavy atom. The molecule has 1 unspecified atom stereocenters. The van der Waals surface area contributed by atoms with Crippen LogP contribution in [0.2, 0.25) is 0 Å². The number of aliphatic imine (C=N–C) groups is 1. The van der Waals surface area contributed by atoms with E-state index >= 15 is 0 Å². The maximum Gasteiger partial charge on any atom is 0.196 e. The molecule has 98 valence electrons. The summed E-state index contributed by atoms with van der Waals surface area (Å²) in [5.74, 6) is 0.650. The highest BCUT2D eigenvalue weighted by atomic mass is 32.1. The third kappa shape index (κ3) is 8.58. The van der Waals surface area contributed by atoms with Gasteiger partial charge in [0.15, 0.2) is 6.23 Å². The van der Waals surface area contributed by atoms with Crippen LogP contribution in [0.15, 0.2) is 29.3 Å². The molecule has 0 fully saturated rings. The molecule has 1 rings (SSSR count). The monoisotopic (exact) mass is 267 g/mol. The van der Waals surface area contributed by atoms with Gasteiger partial charge in [-0.05, 0) is 57.3 Å². The van der Waals surface area contributed by atoms with Crippen molar-refractivity contribution in [1.82, 2.24) is 0 Å². The fourth-order valence-corrected chi connectivity index (χ4v) is 1.07. The summed E-state index contributed by atoms with van der Waals surface area (Å²) in [6.07, 6.45) is 0.261. The van der Waals surface area contributed by atoms with E-state index in [4.69, 9.17) is 9.84 Å². The highest BCUT2D eigenvalue weighted by Crippen LogP contribution is 2.12. The summed E-state index contributed by atoms with van der Waals surface area (Å²) in [6.45, 7) is 5.20. The minimum Gasteiger partial charge on any atom is -0.468 e. The molecular formula is C13H17NO3S. The number of hydrogen-bond acceptors (Lipinski definition) is 5. The first-order valence-corrected chi connectivity index (χ1v) is 5.87. The summed E-state index contributed by atoms with van der Waals surface area (Å²) in [6, 6.07) is 6.77. The fraction of sp³-hybridized carbons (Fsp3) is 0.385. The molecule has 0 amide bonds. The molecule has 0 radical (unpaired) electrons. The van der Waals surface area contributed by atoms with Crippen LogP contribution in [0.1, 0.15) is 31.1 Å². The maximum absolute atomic E-state index is 10.4. The van der Waals surface area contributed by atoms with Crippen LogP contribution in [0, 0.1) is 0 Å². The van der Waals surface area contributed by atoms with Gasteiger partial charge in [-0.15, -0.1) is 0 Å². The lowest BCUT2D eigenvalue weighted by atomic mass is 10.2. The van der Waals surface area contributed by atoms with Crippen molar-refractivity contribution in [2.75, 3.05) is 0 Å². The van der Waals surface area contributed by atoms with Crippen LogP contribution in [0.3, 0.4) is 0 Å². The molecular weight excluding hydrogens is 250 g/mol. The number of carbonyl (C=O) groups is 1. The Kier molecular flexibility index (Phi) is 8.66. The van der Waals surface area contributed by atoms with E-state index in [2.05, 4.69) is 22.4 Å². The zero-order chi connectivity index (χ0) is 14.0. The molecule has 0 saturated carbocycles. The predicted molar refractivity (Wildman–Crippen MR) is 74.3 cm³/mol. The summed E-state index contributed by atoms with van der Waals surface area (Å²) in [7, 11) is 0. The lowest BCUT2D eigenvalue weighted by molar-refractivity contribution is 0.112. The van der Waals surface area contributed by atoms with Crippen molar-refractivity contribution in [3.05, 3.63) is 29.8 Å². The van der Waals surface area contributed by atoms with Gasteiger partial charge in [0, 0.05) is 11.7 Å². The number of aliphatic hydroxyl groups is 1. The number of rotatable bonds is 4. The fourth-order valence-electron chi connectivity index (χ4n) is 0.922. The van der Waals surface area contributed by atoms with Gasteiger partial charge in [-0.3, -0.25) is 4.79 Å². The van der Waals surface area contributed by atoms with Crippen molar-refractivity contribution in [3.8, 4) is 5.75 Å². The number of aliphatic hydroxyl groups excluding tert-OH is 1. The van der Waals surface area contributed by atoms with Crippen LogP contribution in [0.4, 0.5) is 0 Å². The van der Waals surface area contributed by atoms with Gasteiger partial charge in [0.25, 0.3) is 0 Å². The largest absolute Gasteiger partial charge is 0.468 e. The Hall–Kier alpha value is -1.55. The van der Waals surface area contributed by atoms with Crippen molar-refractivity contribution in [1.29, 1.82) is 0 Å². The first-order valence-electron chi connectivity index (χ1n) is 5.46. The second-order valence-corrected chi connectivity index (χ2v) is 3.90. The van der Waals surface area contributed by atoms with Crippen LogP contribution in [-0.2, 0) is 0 Å². The number of carbonyl (C=O) groups excluding carboxylic acids is 1. The smallest absolute Gasteiger partial charge is 0.196 e. The average molecular weight is 267 g/mol. The van der Waals surface area contributed by atoms with Crippen molar-refractivity contribution >= 4 is 23.7 Å². The molecule has 0 saturated heterocycles. The Morgan fingerprint density at radius 1 is 1.33 bits per heavy atom. The summed E-state index contributed by atoms with van der Waals surface area (Å²) in [4.78, 5) is 14.1. The van der Waals surface area contributed by atoms with Gasteiger partial charge in [-0.2, -0.15) is 4.99 Å². The molecule has 0 aliphatic heterocycles. The Balaban J connectivity index is 0.000000631. The molecule has 0 aliphatic rings. The van der Waals surface area contributed by atoms with Gasteiger partial charge in [-0.25, -0.2) is 0 Å². The van der Waals surface area contributed by atoms with Crippen LogP contribution in [0.5, 0.6) is 5.75 Å². The van der Waals surface area contributed by atoms with E-state index in [1.807, 2.05) is 0 Å². The molecule has 0 heterocycles. The van der Waals surface area contributed by atoms with Crippen LogP contribution in [-0.4, -0.2) is 28.9 Å². The molecule has 1 N–H and O–H groups in total. The van der Waals surface area contributed by atoms with E-state index in [1.54, 1.807) is 45.0 Å². The SMILES string of the molecule is CC(C)O.CC(N=C=S)Oc1ccc(C=O)cc1. The Bertz CT molecular complexity index is 394. The number of isothiocyanates is 1. The third-order valence-corrected chi connectivity index (χ3v) is 1.66. The zero-order valence-corrected chi connectivity index (χ0v) is 11.5. The number of thiocarbonyl (C=S) groups is 1. The molecule has 0 aromatic heterocycles. The Labute approximate surface area is 112 Å². The van der Waals surface area contributed by atoms with Crippen molar-refractivity contribution < 1.29 is 14.6 Å². The van der Waals surface area contributed by atoms with Crippen LogP contribution < -0.4 is 4.74 Å². The van der Waals surface area contributed by atoms with Gasteiger partial charge >= 0.3 is 0 Å². The topological polar surface area (TPSA) is 58.9 Å². The molecule has 0 spiro atoms. The number of hydrogen-bond donors (Lipinski definition) is 1. The van der Waals surface area contributed by atoms with Gasteiger partial charge in [0.1, 0.15) is 12.0 Å². The minimum absolute atomic E-state index is 0.167. The van der Waals surface area contributed by atoms with E-state index < -0.39 is 0 Å². The van der Waals surface area contributed by atoms with Gasteiger partial charge in [-0.1, -0.05) is 0 Å². The molecule has 1 aromatic carbocycles. The number of aldehydes is 1. The molecule has 0 bridgehead atoms. The van der Waals surface area contributed by atoms with Gasteiger partial charge in [0.05, 0.1) is 5.16 Å². The van der Waals surface area contributed by atoms with E-state index in [1.165, 1.54) is 0 Å². The van der Waals surface area contributed by atoms with Gasteiger partial charge < -0.3 is 9.84 Å². The quantitative estimate of drug-likeness (QED) is 0.517. The standard InChI is InChI=1S/C10H9NO2S.C3H8O/c1-8(11-7-14)13-10-4-2-9(6-12)3-5-10;1-3(2)4/h2-6,8H,1H3;3-4H,1-2H3. The van der Waals surface area contributed by atoms with Crippen LogP contribution in [0.25, 0.3) is 0 Å². The molecule has 5 heteroatoms. The van der Waals surface area contributed by atoms with E-state index in [0.29, 0.717) is 11.3 Å². The zero-order valence-electron chi connectivity index (χ0n) is 10.7. The first kappa shape index (κ1) is 16.4. The average Bonchev–Trinajstić information content (AvgIpc) is 2.29.